The van der Waals surface area contributed by atoms with Gasteiger partial charge in [-0.05, 0) is 18.6 Å². The third-order valence-electron chi connectivity index (χ3n) is 2.64. The fourth-order valence-corrected chi connectivity index (χ4v) is 1.67. The molecule has 0 saturated heterocycles. The van der Waals surface area contributed by atoms with Crippen LogP contribution in [0, 0.1) is 6.92 Å². The van der Waals surface area contributed by atoms with Crippen molar-refractivity contribution in [2.24, 2.45) is 0 Å². The van der Waals surface area contributed by atoms with Crippen molar-refractivity contribution in [3.05, 3.63) is 36.2 Å². The number of para-hydroxylation sites is 1. The number of anilines is 3. The molecule has 94 valence electrons. The summed E-state index contributed by atoms with van der Waals surface area (Å²) in [6.45, 7) is 2.04. The van der Waals surface area contributed by atoms with E-state index in [4.69, 9.17) is 4.74 Å². The summed E-state index contributed by atoms with van der Waals surface area (Å²) in [5.41, 5.74) is 2.14. The molecular formula is C13H16N4O. The summed E-state index contributed by atoms with van der Waals surface area (Å²) in [5.74, 6) is 1.90. The summed E-state index contributed by atoms with van der Waals surface area (Å²) >= 11 is 0. The van der Waals surface area contributed by atoms with E-state index >= 15 is 0 Å². The largest absolute Gasteiger partial charge is 0.490 e. The molecule has 0 fully saturated rings. The van der Waals surface area contributed by atoms with Gasteiger partial charge < -0.3 is 15.4 Å². The highest BCUT2D eigenvalue weighted by Gasteiger charge is 2.11. The van der Waals surface area contributed by atoms with Crippen LogP contribution in [0.15, 0.2) is 30.6 Å². The van der Waals surface area contributed by atoms with Gasteiger partial charge >= 0.3 is 0 Å². The van der Waals surface area contributed by atoms with E-state index in [-0.39, 0.29) is 0 Å². The molecular weight excluding hydrogens is 228 g/mol. The maximum absolute atomic E-state index is 5.33. The van der Waals surface area contributed by atoms with Crippen molar-refractivity contribution >= 4 is 17.3 Å². The minimum absolute atomic E-state index is 0.600. The number of aryl methyl sites for hydroxylation is 1. The second-order valence-electron chi connectivity index (χ2n) is 3.79. The molecule has 2 rings (SSSR count). The van der Waals surface area contributed by atoms with Crippen molar-refractivity contribution in [2.75, 3.05) is 24.8 Å². The van der Waals surface area contributed by atoms with Gasteiger partial charge in [0.2, 0.25) is 5.75 Å². The van der Waals surface area contributed by atoms with Crippen LogP contribution in [-0.4, -0.2) is 24.1 Å². The van der Waals surface area contributed by atoms with Crippen molar-refractivity contribution in [1.29, 1.82) is 0 Å². The average molecular weight is 244 g/mol. The van der Waals surface area contributed by atoms with Gasteiger partial charge in [-0.3, -0.25) is 0 Å². The Bertz CT molecular complexity index is 542. The number of hydrogen-bond donors (Lipinski definition) is 2. The fourth-order valence-electron chi connectivity index (χ4n) is 1.67. The molecule has 0 aliphatic heterocycles. The van der Waals surface area contributed by atoms with E-state index in [9.17, 15) is 0 Å². The number of benzene rings is 1. The predicted molar refractivity (Wildman–Crippen MR) is 72.6 cm³/mol. The molecule has 0 radical (unpaired) electrons. The Kier molecular flexibility index (Phi) is 3.62. The van der Waals surface area contributed by atoms with Gasteiger partial charge in [-0.1, -0.05) is 18.2 Å². The number of nitrogens with one attached hydrogen (secondary N) is 2. The highest BCUT2D eigenvalue weighted by molar-refractivity contribution is 5.70. The first kappa shape index (κ1) is 12.2. The number of ether oxygens (including phenoxy) is 1. The maximum atomic E-state index is 5.33. The zero-order chi connectivity index (χ0) is 13.0. The molecule has 2 aromatic rings. The SMILES string of the molecule is CNc1ncnc(Nc2ccccc2C)c1OC. The highest BCUT2D eigenvalue weighted by atomic mass is 16.5. The van der Waals surface area contributed by atoms with Crippen LogP contribution in [0.5, 0.6) is 5.75 Å². The normalized spacial score (nSPS) is 9.94. The second-order valence-corrected chi connectivity index (χ2v) is 3.79. The van der Waals surface area contributed by atoms with Crippen molar-refractivity contribution in [1.82, 2.24) is 9.97 Å². The van der Waals surface area contributed by atoms with Gasteiger partial charge in [0.25, 0.3) is 0 Å². The number of nitrogens with zero attached hydrogens (tertiary/aromatic N) is 2. The fraction of sp³-hybridized carbons (Fsp3) is 0.231. The van der Waals surface area contributed by atoms with Crippen molar-refractivity contribution in [2.45, 2.75) is 6.92 Å². The zero-order valence-electron chi connectivity index (χ0n) is 10.7. The lowest BCUT2D eigenvalue weighted by atomic mass is 10.2. The first-order valence-corrected chi connectivity index (χ1v) is 5.65. The summed E-state index contributed by atoms with van der Waals surface area (Å²) in [6, 6.07) is 8.00. The summed E-state index contributed by atoms with van der Waals surface area (Å²) in [4.78, 5) is 8.31. The third-order valence-corrected chi connectivity index (χ3v) is 2.64. The molecule has 5 heteroatoms. The average Bonchev–Trinajstić information content (AvgIpc) is 2.41. The van der Waals surface area contributed by atoms with Gasteiger partial charge in [0.1, 0.15) is 6.33 Å². The molecule has 1 aromatic heterocycles. The van der Waals surface area contributed by atoms with E-state index in [2.05, 4.69) is 20.6 Å². The predicted octanol–water partition coefficient (Wildman–Crippen LogP) is 2.58. The first-order valence-electron chi connectivity index (χ1n) is 5.65. The van der Waals surface area contributed by atoms with E-state index in [0.29, 0.717) is 17.4 Å². The molecule has 18 heavy (non-hydrogen) atoms. The quantitative estimate of drug-likeness (QED) is 0.865. The standard InChI is InChI=1S/C13H16N4O/c1-9-6-4-5-7-10(9)17-13-11(18-3)12(14-2)15-8-16-13/h4-8H,1-3H3,(H2,14,15,16,17). The molecule has 5 nitrogen and oxygen atoms in total. The van der Waals surface area contributed by atoms with Crippen LogP contribution in [0.25, 0.3) is 0 Å². The van der Waals surface area contributed by atoms with Gasteiger partial charge in [-0.25, -0.2) is 9.97 Å². The van der Waals surface area contributed by atoms with Crippen LogP contribution >= 0.6 is 0 Å². The molecule has 1 aromatic carbocycles. The Morgan fingerprint density at radius 3 is 2.50 bits per heavy atom. The Labute approximate surface area is 106 Å². The van der Waals surface area contributed by atoms with E-state index in [1.165, 1.54) is 6.33 Å². The molecule has 0 aliphatic carbocycles. The van der Waals surface area contributed by atoms with E-state index < -0.39 is 0 Å². The molecule has 0 aliphatic rings. The van der Waals surface area contributed by atoms with Gasteiger partial charge in [0.15, 0.2) is 11.6 Å². The minimum Gasteiger partial charge on any atom is -0.490 e. The highest BCUT2D eigenvalue weighted by Crippen LogP contribution is 2.31. The maximum Gasteiger partial charge on any atom is 0.204 e. The first-order chi connectivity index (χ1) is 8.76. The molecule has 0 unspecified atom stereocenters. The Morgan fingerprint density at radius 1 is 1.11 bits per heavy atom. The molecule has 0 atom stereocenters. The van der Waals surface area contributed by atoms with Crippen LogP contribution < -0.4 is 15.4 Å². The molecule has 1 heterocycles. The van der Waals surface area contributed by atoms with E-state index in [0.717, 1.165) is 11.3 Å². The summed E-state index contributed by atoms with van der Waals surface area (Å²) in [7, 11) is 3.39. The number of rotatable bonds is 4. The Morgan fingerprint density at radius 2 is 1.83 bits per heavy atom. The number of hydrogen-bond acceptors (Lipinski definition) is 5. The molecule has 0 amide bonds. The lowest BCUT2D eigenvalue weighted by molar-refractivity contribution is 0.415. The minimum atomic E-state index is 0.600. The van der Waals surface area contributed by atoms with Crippen LogP contribution in [-0.2, 0) is 0 Å². The van der Waals surface area contributed by atoms with Gasteiger partial charge in [0.05, 0.1) is 7.11 Å². The van der Waals surface area contributed by atoms with Crippen molar-refractivity contribution < 1.29 is 4.74 Å². The van der Waals surface area contributed by atoms with Crippen LogP contribution in [0.4, 0.5) is 17.3 Å². The van der Waals surface area contributed by atoms with E-state index in [1.54, 1.807) is 14.2 Å². The molecule has 0 bridgehead atoms. The summed E-state index contributed by atoms with van der Waals surface area (Å²) in [6.07, 6.45) is 1.50. The van der Waals surface area contributed by atoms with E-state index in [1.807, 2.05) is 31.2 Å². The Balaban J connectivity index is 2.37. The lowest BCUT2D eigenvalue weighted by Crippen LogP contribution is -2.03. The zero-order valence-corrected chi connectivity index (χ0v) is 10.7. The lowest BCUT2D eigenvalue weighted by Gasteiger charge is -2.13. The van der Waals surface area contributed by atoms with Gasteiger partial charge in [0, 0.05) is 12.7 Å². The number of methoxy groups -OCH3 is 1. The van der Waals surface area contributed by atoms with Crippen LogP contribution in [0.3, 0.4) is 0 Å². The number of aromatic nitrogens is 2. The monoisotopic (exact) mass is 244 g/mol. The van der Waals surface area contributed by atoms with Crippen molar-refractivity contribution in [3.8, 4) is 5.75 Å². The van der Waals surface area contributed by atoms with Gasteiger partial charge in [-0.15, -0.1) is 0 Å². The topological polar surface area (TPSA) is 59.1 Å². The van der Waals surface area contributed by atoms with Crippen LogP contribution in [0.1, 0.15) is 5.56 Å². The molecule has 0 spiro atoms. The third kappa shape index (κ3) is 2.34. The van der Waals surface area contributed by atoms with Gasteiger partial charge in [-0.2, -0.15) is 0 Å². The van der Waals surface area contributed by atoms with Crippen molar-refractivity contribution in [3.63, 3.8) is 0 Å². The smallest absolute Gasteiger partial charge is 0.204 e. The molecule has 0 saturated carbocycles. The second kappa shape index (κ2) is 5.35. The summed E-state index contributed by atoms with van der Waals surface area (Å²) in [5, 5.41) is 6.22. The summed E-state index contributed by atoms with van der Waals surface area (Å²) < 4.78 is 5.33. The molecule has 2 N–H and O–H groups in total. The van der Waals surface area contributed by atoms with Crippen LogP contribution in [0.2, 0.25) is 0 Å². The Hall–Kier alpha value is -2.30.